The summed E-state index contributed by atoms with van der Waals surface area (Å²) in [4.78, 5) is 102. The number of primary amides is 5. The van der Waals surface area contributed by atoms with Gasteiger partial charge in [-0.3, -0.25) is 24.0 Å². The van der Waals surface area contributed by atoms with Gasteiger partial charge >= 0.3 is 0 Å². The van der Waals surface area contributed by atoms with Gasteiger partial charge in [0.15, 0.2) is 57.6 Å². The van der Waals surface area contributed by atoms with Crippen molar-refractivity contribution in [1.29, 1.82) is 0 Å². The van der Waals surface area contributed by atoms with E-state index in [1.807, 2.05) is 147 Å². The number of hydrogen-bond donors (Lipinski definition) is 13. The number of para-hydroxylation sites is 13. The van der Waals surface area contributed by atoms with Gasteiger partial charge in [0, 0.05) is 34.9 Å². The van der Waals surface area contributed by atoms with Crippen LogP contribution in [0.2, 0.25) is 0 Å². The van der Waals surface area contributed by atoms with E-state index in [4.69, 9.17) is 33.4 Å². The van der Waals surface area contributed by atoms with Crippen molar-refractivity contribution in [3.63, 3.8) is 0 Å². The minimum Gasteiger partial charge on any atom is -0.508 e. The van der Waals surface area contributed by atoms with Crippen LogP contribution in [0.15, 0.2) is 267 Å². The molecule has 112 heavy (non-hydrogen) atoms. The number of carbonyl (C=O) groups excluding carboxylic acids is 5. The second-order valence-corrected chi connectivity index (χ2v) is 24.4. The molecule has 0 saturated heterocycles. The van der Waals surface area contributed by atoms with Crippen LogP contribution in [0.4, 0.5) is 57.5 Å². The zero-order chi connectivity index (χ0) is 78.8. The number of amides is 5. The standard InChI is InChI=1S/C21H16N4O2.C17H16N4O.3C15H12N4O2/c22-20(26)19-21(25-18-12-5-4-11-17(18)24-19)23-14-7-6-10-16(13-14)27-15-8-2-1-3-9-15;1-10-7-11(2)9-12(8-10)19-17-15(16(18)22)20-13-5-3-4-6-14(13)21-17;16-14(21)13-15(17-9-4-3-5-10(20)8-9)19-12-7-2-1-6-11(12)18-13;16-14(21)13-15(19-11-7-3-4-8-12(11)20)18-10-6-2-1-5-9(10)17-13;16-14(21)13-15(17-9-5-7-10(20)8-6-9)19-12-4-2-1-3-11(12)18-13/h1-13H,(H2,22,26)(H,23,25);3-9H,1-2H3,(H2,18,22)(H,19,21);1-8,20H,(H2,16,21)(H,17,19);1-8,20H,(H2,16,21)(H,18,19);1-8,20H,(H2,16,21)(H,17,19). The molecule has 0 fully saturated rings. The van der Waals surface area contributed by atoms with Crippen LogP contribution in [0.25, 0.3) is 55.2 Å². The van der Waals surface area contributed by atoms with Crippen LogP contribution in [0.5, 0.6) is 28.7 Å². The summed E-state index contributed by atoms with van der Waals surface area (Å²) in [6, 6.07) is 78.6. The molecule has 16 rings (SSSR count). The number of anilines is 10. The van der Waals surface area contributed by atoms with Crippen molar-refractivity contribution in [2.75, 3.05) is 26.6 Å². The number of aromatic nitrogens is 10. The second-order valence-electron chi connectivity index (χ2n) is 24.4. The van der Waals surface area contributed by atoms with Gasteiger partial charge in [-0.15, -0.1) is 0 Å². The van der Waals surface area contributed by atoms with E-state index >= 15 is 0 Å². The first-order valence-electron chi connectivity index (χ1n) is 34.1. The Bertz CT molecular complexity index is 6180. The van der Waals surface area contributed by atoms with Crippen molar-refractivity contribution in [2.45, 2.75) is 13.8 Å². The number of phenolic OH excluding ortho intramolecular Hbond substituents is 3. The highest BCUT2D eigenvalue weighted by Gasteiger charge is 2.20. The molecule has 5 heterocycles. The summed E-state index contributed by atoms with van der Waals surface area (Å²) in [6.07, 6.45) is 0. The Kier molecular flexibility index (Phi) is 23.4. The highest BCUT2D eigenvalue weighted by molar-refractivity contribution is 6.02. The lowest BCUT2D eigenvalue weighted by Gasteiger charge is -2.11. The molecule has 0 spiro atoms. The number of nitrogens with two attached hydrogens (primary N) is 5. The van der Waals surface area contributed by atoms with Gasteiger partial charge in [-0.2, -0.15) is 0 Å². The number of aromatic hydroxyl groups is 3. The van der Waals surface area contributed by atoms with Crippen molar-refractivity contribution in [3.8, 4) is 28.7 Å². The van der Waals surface area contributed by atoms with Crippen molar-refractivity contribution in [1.82, 2.24) is 49.8 Å². The van der Waals surface area contributed by atoms with Gasteiger partial charge < -0.3 is 75.3 Å². The lowest BCUT2D eigenvalue weighted by atomic mass is 10.1. The van der Waals surface area contributed by atoms with Crippen molar-refractivity contribution >= 4 is 142 Å². The molecule has 11 aromatic carbocycles. The minimum absolute atomic E-state index is 0.0250. The van der Waals surface area contributed by atoms with Crippen LogP contribution in [0.1, 0.15) is 63.6 Å². The number of hydrogen-bond acceptors (Lipinski definition) is 24. The summed E-state index contributed by atoms with van der Waals surface area (Å²) in [6.45, 7) is 4.03. The zero-order valence-corrected chi connectivity index (χ0v) is 59.6. The lowest BCUT2D eigenvalue weighted by Crippen LogP contribution is -2.16. The first-order chi connectivity index (χ1) is 54.1. The molecule has 16 aromatic rings. The summed E-state index contributed by atoms with van der Waals surface area (Å²) >= 11 is 0. The second kappa shape index (κ2) is 34.7. The fourth-order valence-electron chi connectivity index (χ4n) is 11.0. The van der Waals surface area contributed by atoms with E-state index in [9.17, 15) is 39.3 Å². The summed E-state index contributed by atoms with van der Waals surface area (Å²) in [5.74, 6) is -0.152. The Morgan fingerprint density at radius 1 is 0.268 bits per heavy atom. The molecule has 0 aliphatic rings. The summed E-state index contributed by atoms with van der Waals surface area (Å²) in [5, 5.41) is 43.6. The van der Waals surface area contributed by atoms with Crippen molar-refractivity contribution in [3.05, 3.63) is 307 Å². The molecule has 0 radical (unpaired) electrons. The molecule has 29 nitrogen and oxygen atoms in total. The maximum absolute atomic E-state index is 11.8. The van der Waals surface area contributed by atoms with Crippen LogP contribution in [0, 0.1) is 13.8 Å². The van der Waals surface area contributed by atoms with E-state index in [1.54, 1.807) is 103 Å². The van der Waals surface area contributed by atoms with Crippen LogP contribution >= 0.6 is 0 Å². The van der Waals surface area contributed by atoms with E-state index in [2.05, 4.69) is 82.5 Å². The molecular formula is C83H68N20O9. The van der Waals surface area contributed by atoms with Gasteiger partial charge in [-0.25, -0.2) is 49.8 Å². The minimum atomic E-state index is -0.689. The number of aryl methyl sites for hydroxylation is 2. The molecule has 29 heteroatoms. The topological polar surface area (TPSA) is 474 Å². The molecule has 5 amide bonds. The third kappa shape index (κ3) is 19.4. The smallest absolute Gasteiger partial charge is 0.271 e. The molecule has 554 valence electrons. The Labute approximate surface area is 637 Å². The maximum Gasteiger partial charge on any atom is 0.271 e. The van der Waals surface area contributed by atoms with E-state index in [-0.39, 0.29) is 63.2 Å². The summed E-state index contributed by atoms with van der Waals surface area (Å²) < 4.78 is 5.84. The molecule has 5 aromatic heterocycles. The van der Waals surface area contributed by atoms with E-state index in [0.717, 1.165) is 22.6 Å². The highest BCUT2D eigenvalue weighted by atomic mass is 16.5. The molecule has 18 N–H and O–H groups in total. The average molecular weight is 1490 g/mol. The average Bonchev–Trinajstić information content (AvgIpc) is 0.820. The number of benzene rings is 11. The largest absolute Gasteiger partial charge is 0.508 e. The number of rotatable bonds is 17. The third-order valence-electron chi connectivity index (χ3n) is 16.0. The number of phenols is 3. The van der Waals surface area contributed by atoms with E-state index < -0.39 is 29.5 Å². The monoisotopic (exact) mass is 1490 g/mol. The van der Waals surface area contributed by atoms with Crippen LogP contribution in [0.3, 0.4) is 0 Å². The highest BCUT2D eigenvalue weighted by Crippen LogP contribution is 2.32. The van der Waals surface area contributed by atoms with E-state index in [0.29, 0.717) is 95.3 Å². The number of carbonyl (C=O) groups is 5. The molecule has 0 bridgehead atoms. The fraction of sp³-hybridized carbons (Fsp3) is 0.0241. The van der Waals surface area contributed by atoms with Crippen molar-refractivity contribution in [2.24, 2.45) is 28.7 Å². The van der Waals surface area contributed by atoms with Gasteiger partial charge in [0.05, 0.1) is 60.9 Å². The first kappa shape index (κ1) is 75.4. The SMILES string of the molecule is Cc1cc(C)cc(Nc2nc3ccccc3nc2C(N)=O)c1.NC(=O)c1nc2ccccc2nc1Nc1ccc(O)cc1.NC(=O)c1nc2ccccc2nc1Nc1cccc(O)c1.NC(=O)c1nc2ccccc2nc1Nc1cccc(Oc2ccccc2)c1.NC(=O)c1nc2ccccc2nc1Nc1ccccc1O. The quantitative estimate of drug-likeness (QED) is 0.0297. The molecule has 0 saturated carbocycles. The van der Waals surface area contributed by atoms with Gasteiger partial charge in [-0.1, -0.05) is 109 Å². The van der Waals surface area contributed by atoms with Crippen LogP contribution in [-0.2, 0) is 0 Å². The normalized spacial score (nSPS) is 10.5. The Hall–Kier alpha value is -16.3. The first-order valence-corrected chi connectivity index (χ1v) is 34.1. The van der Waals surface area contributed by atoms with Gasteiger partial charge in [0.2, 0.25) is 0 Å². The van der Waals surface area contributed by atoms with Gasteiger partial charge in [0.25, 0.3) is 29.5 Å². The summed E-state index contributed by atoms with van der Waals surface area (Å²) in [7, 11) is 0. The number of ether oxygens (including phenoxy) is 1. The molecule has 0 aliphatic heterocycles. The van der Waals surface area contributed by atoms with Crippen molar-refractivity contribution < 1.29 is 44.0 Å². The lowest BCUT2D eigenvalue weighted by molar-refractivity contribution is 0.0988. The zero-order valence-electron chi connectivity index (χ0n) is 59.6. The molecule has 0 unspecified atom stereocenters. The Morgan fingerprint density at radius 2 is 0.571 bits per heavy atom. The van der Waals surface area contributed by atoms with Gasteiger partial charge in [0.1, 0.15) is 28.7 Å². The fourth-order valence-corrected chi connectivity index (χ4v) is 11.0. The number of fused-ring (bicyclic) bond motifs is 5. The molecular weight excluding hydrogens is 1420 g/mol. The molecule has 0 aliphatic carbocycles. The van der Waals surface area contributed by atoms with Crippen LogP contribution < -0.4 is 60.0 Å². The third-order valence-corrected chi connectivity index (χ3v) is 16.0. The predicted octanol–water partition coefficient (Wildman–Crippen LogP) is 13.9. The number of nitrogens with one attached hydrogen (secondary N) is 5. The number of nitrogens with zero attached hydrogens (tertiary/aromatic N) is 10. The van der Waals surface area contributed by atoms with Crippen LogP contribution in [-0.4, -0.2) is 94.7 Å². The Balaban J connectivity index is 0.000000130. The van der Waals surface area contributed by atoms with Gasteiger partial charge in [-0.05, 0) is 171 Å². The predicted molar refractivity (Wildman–Crippen MR) is 430 cm³/mol. The molecule has 0 atom stereocenters. The van der Waals surface area contributed by atoms with E-state index in [1.165, 1.54) is 24.3 Å². The maximum atomic E-state index is 11.8. The summed E-state index contributed by atoms with van der Waals surface area (Å²) in [5.41, 5.74) is 39.2. The Morgan fingerprint density at radius 3 is 0.938 bits per heavy atom.